The number of hydrogen-bond donors (Lipinski definition) is 0. The van der Waals surface area contributed by atoms with E-state index in [1.54, 1.807) is 12.1 Å². The normalized spacial score (nSPS) is 13.7. The van der Waals surface area contributed by atoms with Crippen molar-refractivity contribution in [2.24, 2.45) is 0 Å². The summed E-state index contributed by atoms with van der Waals surface area (Å²) in [5.41, 5.74) is 3.37. The van der Waals surface area contributed by atoms with Crippen LogP contribution in [0.15, 0.2) is 84.9 Å². The number of hydrogen-bond acceptors (Lipinski definition) is 3. The summed E-state index contributed by atoms with van der Waals surface area (Å²) in [6.07, 6.45) is 1.08. The maximum atomic E-state index is 12.8. The number of ether oxygens (including phenoxy) is 1. The second kappa shape index (κ2) is 8.74. The van der Waals surface area contributed by atoms with Gasteiger partial charge in [-0.1, -0.05) is 72.8 Å². The molecule has 29 heavy (non-hydrogen) atoms. The quantitative estimate of drug-likeness (QED) is 0.575. The zero-order valence-electron chi connectivity index (χ0n) is 16.2. The fourth-order valence-corrected chi connectivity index (χ4v) is 3.60. The Morgan fingerprint density at radius 2 is 1.45 bits per heavy atom. The molecule has 0 aromatic heterocycles. The molecule has 3 aromatic carbocycles. The number of carbonyl (C=O) groups is 2. The van der Waals surface area contributed by atoms with Gasteiger partial charge in [-0.05, 0) is 35.2 Å². The average molecular weight is 385 g/mol. The summed E-state index contributed by atoms with van der Waals surface area (Å²) < 4.78 is 5.90. The van der Waals surface area contributed by atoms with Gasteiger partial charge in [0.25, 0.3) is 0 Å². The number of likely N-dealkylation sites (tertiary alicyclic amines) is 1. The second-order valence-electron chi connectivity index (χ2n) is 7.22. The molecule has 0 radical (unpaired) electrons. The minimum atomic E-state index is -0.466. The monoisotopic (exact) mass is 385 g/mol. The lowest BCUT2D eigenvalue weighted by Crippen LogP contribution is -2.23. The highest BCUT2D eigenvalue weighted by molar-refractivity contribution is 5.89. The van der Waals surface area contributed by atoms with E-state index in [-0.39, 0.29) is 11.9 Å². The minimum absolute atomic E-state index is 0.196. The van der Waals surface area contributed by atoms with Crippen LogP contribution in [-0.2, 0) is 16.1 Å². The van der Waals surface area contributed by atoms with E-state index in [1.807, 2.05) is 77.7 Å². The number of rotatable bonds is 6. The number of nitrogens with zero attached hydrogens (tertiary/aromatic N) is 1. The largest absolute Gasteiger partial charge is 0.449 e. The summed E-state index contributed by atoms with van der Waals surface area (Å²) >= 11 is 0. The second-order valence-corrected chi connectivity index (χ2v) is 7.22. The molecular weight excluding hydrogens is 362 g/mol. The van der Waals surface area contributed by atoms with Crippen LogP contribution in [0.5, 0.6) is 0 Å². The smallest absolute Gasteiger partial charge is 0.339 e. The van der Waals surface area contributed by atoms with Crippen molar-refractivity contribution in [3.63, 3.8) is 0 Å². The van der Waals surface area contributed by atoms with Crippen molar-refractivity contribution >= 4 is 11.9 Å². The van der Waals surface area contributed by atoms with Gasteiger partial charge in [0, 0.05) is 19.5 Å². The van der Waals surface area contributed by atoms with Crippen LogP contribution in [0.4, 0.5) is 0 Å². The molecule has 1 saturated heterocycles. The van der Waals surface area contributed by atoms with E-state index in [9.17, 15) is 9.59 Å². The molecule has 1 aliphatic rings. The first-order valence-electron chi connectivity index (χ1n) is 9.88. The zero-order valence-corrected chi connectivity index (χ0v) is 16.2. The number of carbonyl (C=O) groups excluding carboxylic acids is 2. The lowest BCUT2D eigenvalue weighted by Gasteiger charge is -2.19. The van der Waals surface area contributed by atoms with Gasteiger partial charge in [-0.2, -0.15) is 0 Å². The molecule has 1 amide bonds. The fraction of sp³-hybridized carbons (Fsp3) is 0.200. The van der Waals surface area contributed by atoms with Crippen molar-refractivity contribution in [3.8, 4) is 0 Å². The lowest BCUT2D eigenvalue weighted by atomic mass is 10.0. The molecular formula is C25H23NO3. The molecule has 3 aromatic rings. The first-order chi connectivity index (χ1) is 14.2. The van der Waals surface area contributed by atoms with Crippen molar-refractivity contribution < 1.29 is 14.3 Å². The van der Waals surface area contributed by atoms with E-state index < -0.39 is 6.10 Å². The summed E-state index contributed by atoms with van der Waals surface area (Å²) in [7, 11) is 0. The fourth-order valence-electron chi connectivity index (χ4n) is 3.60. The molecule has 0 bridgehead atoms. The zero-order chi connectivity index (χ0) is 20.1. The molecule has 4 rings (SSSR count). The molecule has 1 fully saturated rings. The van der Waals surface area contributed by atoms with Crippen molar-refractivity contribution in [1.82, 2.24) is 4.90 Å². The van der Waals surface area contributed by atoms with Crippen LogP contribution in [0, 0.1) is 0 Å². The third-order valence-corrected chi connectivity index (χ3v) is 5.16. The maximum absolute atomic E-state index is 12.8. The standard InChI is InChI=1S/C25H23NO3/c27-23-12-7-17-26(23)18-19-13-15-22(16-14-19)25(28)29-24(20-8-3-1-4-9-20)21-10-5-2-6-11-21/h1-6,8-11,13-16,24H,7,12,17-18H2. The van der Waals surface area contributed by atoms with Crippen molar-refractivity contribution in [2.75, 3.05) is 6.54 Å². The van der Waals surface area contributed by atoms with E-state index in [0.717, 1.165) is 29.7 Å². The molecule has 0 N–H and O–H groups in total. The van der Waals surface area contributed by atoms with E-state index >= 15 is 0 Å². The molecule has 0 saturated carbocycles. The Balaban J connectivity index is 1.49. The van der Waals surface area contributed by atoms with Crippen LogP contribution in [0.2, 0.25) is 0 Å². The van der Waals surface area contributed by atoms with Crippen LogP contribution in [-0.4, -0.2) is 23.3 Å². The third kappa shape index (κ3) is 4.54. The first kappa shape index (κ1) is 18.9. The number of amides is 1. The van der Waals surface area contributed by atoms with E-state index in [1.165, 1.54) is 0 Å². The predicted molar refractivity (Wildman–Crippen MR) is 111 cm³/mol. The van der Waals surface area contributed by atoms with Gasteiger partial charge in [-0.3, -0.25) is 4.79 Å². The van der Waals surface area contributed by atoms with Crippen LogP contribution >= 0.6 is 0 Å². The Morgan fingerprint density at radius 3 is 1.97 bits per heavy atom. The van der Waals surface area contributed by atoms with E-state index in [4.69, 9.17) is 4.74 Å². The lowest BCUT2D eigenvalue weighted by molar-refractivity contribution is -0.128. The van der Waals surface area contributed by atoms with Crippen molar-refractivity contribution in [1.29, 1.82) is 0 Å². The van der Waals surface area contributed by atoms with Crippen LogP contribution < -0.4 is 0 Å². The van der Waals surface area contributed by atoms with Crippen LogP contribution in [0.1, 0.15) is 46.0 Å². The van der Waals surface area contributed by atoms with Gasteiger partial charge in [-0.25, -0.2) is 4.79 Å². The third-order valence-electron chi connectivity index (χ3n) is 5.16. The number of benzene rings is 3. The van der Waals surface area contributed by atoms with Crippen LogP contribution in [0.3, 0.4) is 0 Å². The summed E-state index contributed by atoms with van der Waals surface area (Å²) in [6, 6.07) is 26.8. The van der Waals surface area contributed by atoms with E-state index in [0.29, 0.717) is 18.5 Å². The Hall–Kier alpha value is -3.40. The summed E-state index contributed by atoms with van der Waals surface area (Å²) in [5.74, 6) is -0.173. The Kier molecular flexibility index (Phi) is 5.71. The van der Waals surface area contributed by atoms with Crippen LogP contribution in [0.25, 0.3) is 0 Å². The molecule has 0 unspecified atom stereocenters. The van der Waals surface area contributed by atoms with Gasteiger partial charge in [0.2, 0.25) is 5.91 Å². The van der Waals surface area contributed by atoms with Gasteiger partial charge in [0.15, 0.2) is 6.10 Å². The summed E-state index contributed by atoms with van der Waals surface area (Å²) in [6.45, 7) is 1.39. The molecule has 0 spiro atoms. The summed E-state index contributed by atoms with van der Waals surface area (Å²) in [4.78, 5) is 26.5. The number of esters is 1. The highest BCUT2D eigenvalue weighted by atomic mass is 16.5. The van der Waals surface area contributed by atoms with Gasteiger partial charge >= 0.3 is 5.97 Å². The van der Waals surface area contributed by atoms with Gasteiger partial charge < -0.3 is 9.64 Å². The Bertz CT molecular complexity index is 928. The SMILES string of the molecule is O=C(OC(c1ccccc1)c1ccccc1)c1ccc(CN2CCCC2=O)cc1. The predicted octanol–water partition coefficient (Wildman–Crippen LogP) is 4.76. The minimum Gasteiger partial charge on any atom is -0.449 e. The van der Waals surface area contributed by atoms with Crippen molar-refractivity contribution in [2.45, 2.75) is 25.5 Å². The molecule has 1 aliphatic heterocycles. The Morgan fingerprint density at radius 1 is 0.862 bits per heavy atom. The highest BCUT2D eigenvalue weighted by Crippen LogP contribution is 2.27. The average Bonchev–Trinajstić information content (AvgIpc) is 3.18. The van der Waals surface area contributed by atoms with E-state index in [2.05, 4.69) is 0 Å². The van der Waals surface area contributed by atoms with Crippen molar-refractivity contribution in [3.05, 3.63) is 107 Å². The summed E-state index contributed by atoms with van der Waals surface area (Å²) in [5, 5.41) is 0. The molecule has 0 atom stereocenters. The van der Waals surface area contributed by atoms with Gasteiger partial charge in [0.05, 0.1) is 5.56 Å². The molecule has 1 heterocycles. The maximum Gasteiger partial charge on any atom is 0.339 e. The Labute approximate surface area is 170 Å². The molecule has 4 heteroatoms. The van der Waals surface area contributed by atoms with Gasteiger partial charge in [0.1, 0.15) is 0 Å². The molecule has 0 aliphatic carbocycles. The van der Waals surface area contributed by atoms with Gasteiger partial charge in [-0.15, -0.1) is 0 Å². The first-order valence-corrected chi connectivity index (χ1v) is 9.88. The molecule has 4 nitrogen and oxygen atoms in total. The highest BCUT2D eigenvalue weighted by Gasteiger charge is 2.21. The topological polar surface area (TPSA) is 46.6 Å². The molecule has 146 valence electrons.